The van der Waals surface area contributed by atoms with Gasteiger partial charge in [-0.1, -0.05) is 25.3 Å². The Morgan fingerprint density at radius 2 is 1.67 bits per heavy atom. The van der Waals surface area contributed by atoms with Crippen LogP contribution in [0.25, 0.3) is 11.3 Å². The summed E-state index contributed by atoms with van der Waals surface area (Å²) in [5.74, 6) is -0.249. The van der Waals surface area contributed by atoms with Crippen molar-refractivity contribution in [3.63, 3.8) is 0 Å². The average molecular weight is 572 g/mol. The number of sulfonamides is 1. The van der Waals surface area contributed by atoms with Crippen molar-refractivity contribution in [3.8, 4) is 11.3 Å². The molecule has 3 rings (SSSR count). The number of amides is 1. The molecule has 7 nitrogen and oxygen atoms in total. The Morgan fingerprint density at radius 3 is 2.21 bits per heavy atom. The van der Waals surface area contributed by atoms with E-state index >= 15 is 0 Å². The number of aromatic nitrogens is 1. The van der Waals surface area contributed by atoms with Gasteiger partial charge in [0.05, 0.1) is 21.6 Å². The lowest BCUT2D eigenvalue weighted by atomic mass is 9.89. The minimum atomic E-state index is -4.85. The molecule has 218 valence electrons. The first-order valence-corrected chi connectivity index (χ1v) is 14.7. The predicted octanol–water partition coefficient (Wildman–Crippen LogP) is 5.64. The van der Waals surface area contributed by atoms with Gasteiger partial charge in [0, 0.05) is 35.6 Å². The molecule has 11 heteroatoms. The van der Waals surface area contributed by atoms with Gasteiger partial charge in [0.1, 0.15) is 0 Å². The quantitative estimate of drug-likeness (QED) is 0.382. The molecule has 2 aromatic rings. The number of hydrogen-bond acceptors (Lipinski definition) is 4. The van der Waals surface area contributed by atoms with Gasteiger partial charge < -0.3 is 15.0 Å². The summed E-state index contributed by atoms with van der Waals surface area (Å²) in [5, 5.41) is 12.7. The van der Waals surface area contributed by atoms with Crippen molar-refractivity contribution in [2.75, 3.05) is 6.54 Å². The SMILES string of the molecule is Cc1c(C(=O)NCC(C)(C)O)cc(-c2ccc(S(=O)(=O)NC(C)(C)C)cc2C(F)(F)F)n1CC1CCCCC1. The number of aliphatic hydroxyl groups is 1. The van der Waals surface area contributed by atoms with E-state index in [1.165, 1.54) is 18.2 Å². The van der Waals surface area contributed by atoms with Gasteiger partial charge in [-0.15, -0.1) is 0 Å². The molecular formula is C28H40F3N3O4S. The maximum atomic E-state index is 14.4. The topological polar surface area (TPSA) is 100 Å². The van der Waals surface area contributed by atoms with E-state index in [-0.39, 0.29) is 29.3 Å². The van der Waals surface area contributed by atoms with Gasteiger partial charge in [-0.2, -0.15) is 13.2 Å². The molecule has 1 aliphatic rings. The maximum Gasteiger partial charge on any atom is 0.417 e. The number of alkyl halides is 3. The second kappa shape index (κ2) is 11.2. The van der Waals surface area contributed by atoms with Crippen LogP contribution in [0.1, 0.15) is 88.3 Å². The Balaban J connectivity index is 2.17. The summed E-state index contributed by atoms with van der Waals surface area (Å²) in [6.45, 7) is 10.0. The van der Waals surface area contributed by atoms with E-state index in [2.05, 4.69) is 10.0 Å². The molecule has 0 spiro atoms. The van der Waals surface area contributed by atoms with Gasteiger partial charge >= 0.3 is 6.18 Å². The highest BCUT2D eigenvalue weighted by molar-refractivity contribution is 7.89. The third-order valence-corrected chi connectivity index (χ3v) is 8.54. The number of carbonyl (C=O) groups is 1. The highest BCUT2D eigenvalue weighted by atomic mass is 32.2. The fraction of sp³-hybridized carbons (Fsp3) is 0.607. The molecule has 1 heterocycles. The number of nitrogens with zero attached hydrogens (tertiary/aromatic N) is 1. The fourth-order valence-corrected chi connectivity index (χ4v) is 6.41. The van der Waals surface area contributed by atoms with Crippen molar-refractivity contribution in [1.82, 2.24) is 14.6 Å². The van der Waals surface area contributed by atoms with Crippen molar-refractivity contribution in [3.05, 3.63) is 41.1 Å². The zero-order valence-corrected chi connectivity index (χ0v) is 24.3. The molecule has 1 aromatic heterocycles. The minimum absolute atomic E-state index is 0.0322. The molecule has 0 radical (unpaired) electrons. The van der Waals surface area contributed by atoms with Gasteiger partial charge in [0.15, 0.2) is 0 Å². The first-order valence-electron chi connectivity index (χ1n) is 13.2. The number of halogens is 3. The molecule has 0 atom stereocenters. The Hall–Kier alpha value is -2.37. The lowest BCUT2D eigenvalue weighted by Crippen LogP contribution is -2.40. The summed E-state index contributed by atoms with van der Waals surface area (Å²) >= 11 is 0. The van der Waals surface area contributed by atoms with Crippen molar-refractivity contribution < 1.29 is 31.5 Å². The third kappa shape index (κ3) is 8.08. The maximum absolute atomic E-state index is 14.4. The number of carbonyl (C=O) groups excluding carboxylic acids is 1. The molecule has 1 fully saturated rings. The molecule has 1 amide bonds. The molecule has 3 N–H and O–H groups in total. The molecule has 0 unspecified atom stereocenters. The second-order valence-corrected chi connectivity index (χ2v) is 13.9. The highest BCUT2D eigenvalue weighted by Crippen LogP contribution is 2.40. The molecule has 1 aliphatic carbocycles. The van der Waals surface area contributed by atoms with Crippen molar-refractivity contribution >= 4 is 15.9 Å². The van der Waals surface area contributed by atoms with Gasteiger partial charge in [-0.3, -0.25) is 4.79 Å². The summed E-state index contributed by atoms with van der Waals surface area (Å²) in [6.07, 6.45) is 0.244. The smallest absolute Gasteiger partial charge is 0.389 e. The van der Waals surface area contributed by atoms with E-state index in [0.717, 1.165) is 32.1 Å². The Morgan fingerprint density at radius 1 is 1.05 bits per heavy atom. The summed E-state index contributed by atoms with van der Waals surface area (Å²) in [7, 11) is -4.21. The number of benzene rings is 1. The highest BCUT2D eigenvalue weighted by Gasteiger charge is 2.37. The first kappa shape index (κ1) is 31.2. The number of hydrogen-bond donors (Lipinski definition) is 3. The van der Waals surface area contributed by atoms with Crippen LogP contribution < -0.4 is 10.0 Å². The standard InChI is InChI=1S/C28H40F3N3O4S/c1-18-22(25(35)32-17-27(5,6)36)15-24(34(18)16-19-10-8-7-9-11-19)21-13-12-20(14-23(21)28(29,30)31)39(37,38)33-26(2,3)4/h12-15,19,33,36H,7-11,16-17H2,1-6H3,(H,32,35). The largest absolute Gasteiger partial charge is 0.417 e. The zero-order valence-electron chi connectivity index (χ0n) is 23.5. The van der Waals surface area contributed by atoms with Gasteiger partial charge in [0.2, 0.25) is 10.0 Å². The van der Waals surface area contributed by atoms with E-state index in [1.807, 2.05) is 0 Å². The van der Waals surface area contributed by atoms with Crippen LogP contribution in [0.3, 0.4) is 0 Å². The molecular weight excluding hydrogens is 531 g/mol. The van der Waals surface area contributed by atoms with E-state index in [0.29, 0.717) is 18.3 Å². The molecule has 0 aliphatic heterocycles. The van der Waals surface area contributed by atoms with Gasteiger partial charge in [0.25, 0.3) is 5.91 Å². The monoisotopic (exact) mass is 571 g/mol. The van der Waals surface area contributed by atoms with Crippen LogP contribution in [-0.2, 0) is 22.7 Å². The molecule has 0 bridgehead atoms. The van der Waals surface area contributed by atoms with Crippen molar-refractivity contribution in [2.45, 2.75) is 102 Å². The summed E-state index contributed by atoms with van der Waals surface area (Å²) < 4.78 is 73.1. The number of nitrogens with one attached hydrogen (secondary N) is 2. The van der Waals surface area contributed by atoms with Gasteiger partial charge in [-0.25, -0.2) is 13.1 Å². The van der Waals surface area contributed by atoms with E-state index in [9.17, 15) is 31.5 Å². The van der Waals surface area contributed by atoms with Crippen LogP contribution in [-0.4, -0.2) is 41.7 Å². The second-order valence-electron chi connectivity index (χ2n) is 12.2. The lowest BCUT2D eigenvalue weighted by molar-refractivity contribution is -0.137. The Kier molecular flexibility index (Phi) is 8.99. The Labute approximate surface area is 229 Å². The Bertz CT molecular complexity index is 1300. The van der Waals surface area contributed by atoms with Crippen LogP contribution in [0.15, 0.2) is 29.2 Å². The third-order valence-electron chi connectivity index (χ3n) is 6.78. The van der Waals surface area contributed by atoms with E-state index in [1.54, 1.807) is 46.1 Å². The molecule has 1 saturated carbocycles. The summed E-state index contributed by atoms with van der Waals surface area (Å²) in [5.41, 5.74) is -2.41. The van der Waals surface area contributed by atoms with Crippen LogP contribution in [0, 0.1) is 12.8 Å². The van der Waals surface area contributed by atoms with E-state index < -0.39 is 43.7 Å². The van der Waals surface area contributed by atoms with Gasteiger partial charge in [-0.05, 0) is 78.5 Å². The molecule has 0 saturated heterocycles. The van der Waals surface area contributed by atoms with Crippen LogP contribution in [0.2, 0.25) is 0 Å². The van der Waals surface area contributed by atoms with E-state index in [4.69, 9.17) is 0 Å². The van der Waals surface area contributed by atoms with Crippen LogP contribution in [0.4, 0.5) is 13.2 Å². The lowest BCUT2D eigenvalue weighted by Gasteiger charge is -2.25. The van der Waals surface area contributed by atoms with Crippen molar-refractivity contribution in [2.24, 2.45) is 5.92 Å². The van der Waals surface area contributed by atoms with Crippen molar-refractivity contribution in [1.29, 1.82) is 0 Å². The minimum Gasteiger partial charge on any atom is -0.389 e. The summed E-state index contributed by atoms with van der Waals surface area (Å²) in [4.78, 5) is 12.6. The number of rotatable bonds is 8. The molecule has 39 heavy (non-hydrogen) atoms. The fourth-order valence-electron chi connectivity index (χ4n) is 4.96. The normalized spacial score (nSPS) is 15.9. The first-order chi connectivity index (χ1) is 17.8. The van der Waals surface area contributed by atoms with Crippen LogP contribution >= 0.6 is 0 Å². The van der Waals surface area contributed by atoms with Crippen LogP contribution in [0.5, 0.6) is 0 Å². The predicted molar refractivity (Wildman–Crippen MR) is 145 cm³/mol. The average Bonchev–Trinajstić information content (AvgIpc) is 3.11. The molecule has 1 aromatic carbocycles. The zero-order chi connectivity index (χ0) is 29.4. The summed E-state index contributed by atoms with van der Waals surface area (Å²) in [6, 6.07) is 4.43.